The summed E-state index contributed by atoms with van der Waals surface area (Å²) >= 11 is 0. The standard InChI is InChI=1S/C14H15FN2O2/c1-8-6-11(14(19)16-7-9(2)18)10-4-3-5-12(15)13(10)17-8/h3-6,9,18H,7H2,1-2H3,(H,16,19). The molecule has 5 heteroatoms. The molecule has 0 aliphatic rings. The zero-order chi connectivity index (χ0) is 14.0. The fourth-order valence-corrected chi connectivity index (χ4v) is 1.87. The predicted octanol–water partition coefficient (Wildman–Crippen LogP) is 1.79. The van der Waals surface area contributed by atoms with E-state index >= 15 is 0 Å². The third kappa shape index (κ3) is 2.88. The van der Waals surface area contributed by atoms with E-state index in [0.717, 1.165) is 0 Å². The number of aromatic nitrogens is 1. The van der Waals surface area contributed by atoms with Gasteiger partial charge < -0.3 is 10.4 Å². The highest BCUT2D eigenvalue weighted by Gasteiger charge is 2.14. The summed E-state index contributed by atoms with van der Waals surface area (Å²) in [7, 11) is 0. The Morgan fingerprint density at radius 1 is 1.53 bits per heavy atom. The van der Waals surface area contributed by atoms with Crippen molar-refractivity contribution in [2.75, 3.05) is 6.54 Å². The lowest BCUT2D eigenvalue weighted by molar-refractivity contribution is 0.0925. The summed E-state index contributed by atoms with van der Waals surface area (Å²) in [6, 6.07) is 6.12. The van der Waals surface area contributed by atoms with Crippen molar-refractivity contribution in [1.29, 1.82) is 0 Å². The number of rotatable bonds is 3. The molecule has 0 saturated heterocycles. The number of aryl methyl sites for hydroxylation is 1. The Hall–Kier alpha value is -2.01. The predicted molar refractivity (Wildman–Crippen MR) is 70.5 cm³/mol. The maximum absolute atomic E-state index is 13.7. The highest BCUT2D eigenvalue weighted by atomic mass is 19.1. The Bertz CT molecular complexity index is 626. The number of hydrogen-bond donors (Lipinski definition) is 2. The van der Waals surface area contributed by atoms with Crippen LogP contribution < -0.4 is 5.32 Å². The molecular formula is C14H15FN2O2. The van der Waals surface area contributed by atoms with Crippen LogP contribution in [-0.4, -0.2) is 28.6 Å². The van der Waals surface area contributed by atoms with Gasteiger partial charge in [0.25, 0.3) is 5.91 Å². The number of carbonyl (C=O) groups is 1. The number of para-hydroxylation sites is 1. The number of carbonyl (C=O) groups excluding carboxylic acids is 1. The van der Waals surface area contributed by atoms with E-state index in [4.69, 9.17) is 0 Å². The largest absolute Gasteiger partial charge is 0.392 e. The van der Waals surface area contributed by atoms with Crippen LogP contribution in [0.4, 0.5) is 4.39 Å². The van der Waals surface area contributed by atoms with Gasteiger partial charge in [0.2, 0.25) is 0 Å². The van der Waals surface area contributed by atoms with Crippen LogP contribution in [0.1, 0.15) is 23.0 Å². The first-order valence-corrected chi connectivity index (χ1v) is 6.01. The molecule has 0 bridgehead atoms. The van der Waals surface area contributed by atoms with Gasteiger partial charge in [-0.05, 0) is 26.0 Å². The smallest absolute Gasteiger partial charge is 0.252 e. The minimum absolute atomic E-state index is 0.150. The van der Waals surface area contributed by atoms with Crippen molar-refractivity contribution in [3.05, 3.63) is 41.3 Å². The second kappa shape index (κ2) is 5.32. The van der Waals surface area contributed by atoms with Crippen molar-refractivity contribution in [2.45, 2.75) is 20.0 Å². The fraction of sp³-hybridized carbons (Fsp3) is 0.286. The van der Waals surface area contributed by atoms with Gasteiger partial charge >= 0.3 is 0 Å². The topological polar surface area (TPSA) is 62.2 Å². The molecule has 1 aromatic carbocycles. The first-order valence-electron chi connectivity index (χ1n) is 6.01. The Labute approximate surface area is 110 Å². The van der Waals surface area contributed by atoms with E-state index in [1.807, 2.05) is 0 Å². The van der Waals surface area contributed by atoms with Crippen molar-refractivity contribution in [1.82, 2.24) is 10.3 Å². The quantitative estimate of drug-likeness (QED) is 0.886. The third-order valence-corrected chi connectivity index (χ3v) is 2.72. The van der Waals surface area contributed by atoms with Crippen LogP contribution in [0, 0.1) is 12.7 Å². The monoisotopic (exact) mass is 262 g/mol. The Morgan fingerprint density at radius 2 is 2.26 bits per heavy atom. The van der Waals surface area contributed by atoms with Crippen LogP contribution in [0.2, 0.25) is 0 Å². The molecule has 100 valence electrons. The molecule has 1 aromatic heterocycles. The molecule has 0 saturated carbocycles. The average Bonchev–Trinajstić information content (AvgIpc) is 2.36. The van der Waals surface area contributed by atoms with E-state index in [1.165, 1.54) is 6.07 Å². The molecule has 1 amide bonds. The number of pyridine rings is 1. The lowest BCUT2D eigenvalue weighted by atomic mass is 10.1. The van der Waals surface area contributed by atoms with Crippen molar-refractivity contribution < 1.29 is 14.3 Å². The summed E-state index contributed by atoms with van der Waals surface area (Å²) in [6.07, 6.45) is -0.630. The number of halogens is 1. The second-order valence-electron chi connectivity index (χ2n) is 4.51. The van der Waals surface area contributed by atoms with Gasteiger partial charge in [0, 0.05) is 17.6 Å². The SMILES string of the molecule is Cc1cc(C(=O)NCC(C)O)c2cccc(F)c2n1. The average molecular weight is 262 g/mol. The van der Waals surface area contributed by atoms with E-state index in [0.29, 0.717) is 16.6 Å². The van der Waals surface area contributed by atoms with Gasteiger partial charge in [0.15, 0.2) is 0 Å². The van der Waals surface area contributed by atoms with E-state index < -0.39 is 11.9 Å². The van der Waals surface area contributed by atoms with Gasteiger partial charge in [-0.15, -0.1) is 0 Å². The number of nitrogens with zero attached hydrogens (tertiary/aromatic N) is 1. The number of aliphatic hydroxyl groups is 1. The van der Waals surface area contributed by atoms with Crippen LogP contribution in [0.3, 0.4) is 0 Å². The fourth-order valence-electron chi connectivity index (χ4n) is 1.87. The summed E-state index contributed by atoms with van der Waals surface area (Å²) in [4.78, 5) is 16.2. The number of amides is 1. The van der Waals surface area contributed by atoms with E-state index in [-0.39, 0.29) is 18.0 Å². The van der Waals surface area contributed by atoms with Gasteiger partial charge in [-0.1, -0.05) is 12.1 Å². The minimum Gasteiger partial charge on any atom is -0.392 e. The van der Waals surface area contributed by atoms with Gasteiger partial charge in [-0.25, -0.2) is 9.37 Å². The molecular weight excluding hydrogens is 247 g/mol. The van der Waals surface area contributed by atoms with Gasteiger partial charge in [0.05, 0.1) is 11.7 Å². The molecule has 2 N–H and O–H groups in total. The lowest BCUT2D eigenvalue weighted by Gasteiger charge is -2.10. The first kappa shape index (κ1) is 13.4. The molecule has 1 unspecified atom stereocenters. The number of benzene rings is 1. The van der Waals surface area contributed by atoms with Crippen LogP contribution in [0.5, 0.6) is 0 Å². The molecule has 2 aromatic rings. The highest BCUT2D eigenvalue weighted by Crippen LogP contribution is 2.20. The normalized spacial score (nSPS) is 12.4. The highest BCUT2D eigenvalue weighted by molar-refractivity contribution is 6.06. The van der Waals surface area contributed by atoms with Crippen molar-refractivity contribution >= 4 is 16.8 Å². The molecule has 1 heterocycles. The van der Waals surface area contributed by atoms with Crippen molar-refractivity contribution in [3.63, 3.8) is 0 Å². The Morgan fingerprint density at radius 3 is 2.95 bits per heavy atom. The zero-order valence-electron chi connectivity index (χ0n) is 10.8. The molecule has 0 aliphatic heterocycles. The molecule has 0 radical (unpaired) electrons. The summed E-state index contributed by atoms with van der Waals surface area (Å²) in [5.41, 5.74) is 1.12. The molecule has 0 spiro atoms. The Balaban J connectivity index is 2.48. The number of fused-ring (bicyclic) bond motifs is 1. The molecule has 19 heavy (non-hydrogen) atoms. The maximum Gasteiger partial charge on any atom is 0.252 e. The lowest BCUT2D eigenvalue weighted by Crippen LogP contribution is -2.30. The number of aliphatic hydroxyl groups excluding tert-OH is 1. The van der Waals surface area contributed by atoms with E-state index in [1.54, 1.807) is 32.0 Å². The first-order chi connectivity index (χ1) is 8.99. The summed E-state index contributed by atoms with van der Waals surface area (Å²) < 4.78 is 13.7. The van der Waals surface area contributed by atoms with Gasteiger partial charge in [-0.3, -0.25) is 4.79 Å². The number of hydrogen-bond acceptors (Lipinski definition) is 3. The third-order valence-electron chi connectivity index (χ3n) is 2.72. The summed E-state index contributed by atoms with van der Waals surface area (Å²) in [6.45, 7) is 3.43. The molecule has 1 atom stereocenters. The van der Waals surface area contributed by atoms with Crippen LogP contribution in [0.25, 0.3) is 10.9 Å². The maximum atomic E-state index is 13.7. The summed E-state index contributed by atoms with van der Waals surface area (Å²) in [5.74, 6) is -0.798. The van der Waals surface area contributed by atoms with Crippen molar-refractivity contribution in [3.8, 4) is 0 Å². The molecule has 4 nitrogen and oxygen atoms in total. The van der Waals surface area contributed by atoms with E-state index in [9.17, 15) is 14.3 Å². The van der Waals surface area contributed by atoms with Crippen LogP contribution in [0.15, 0.2) is 24.3 Å². The summed E-state index contributed by atoms with van der Waals surface area (Å²) in [5, 5.41) is 12.2. The zero-order valence-corrected chi connectivity index (χ0v) is 10.8. The molecule has 0 fully saturated rings. The minimum atomic E-state index is -0.630. The van der Waals surface area contributed by atoms with Crippen LogP contribution >= 0.6 is 0 Å². The van der Waals surface area contributed by atoms with Crippen molar-refractivity contribution in [2.24, 2.45) is 0 Å². The number of nitrogens with one attached hydrogen (secondary N) is 1. The molecule has 2 rings (SSSR count). The molecule has 0 aliphatic carbocycles. The second-order valence-corrected chi connectivity index (χ2v) is 4.51. The Kier molecular flexibility index (Phi) is 3.76. The van der Waals surface area contributed by atoms with Gasteiger partial charge in [-0.2, -0.15) is 0 Å². The van der Waals surface area contributed by atoms with Gasteiger partial charge in [0.1, 0.15) is 11.3 Å². The van der Waals surface area contributed by atoms with Crippen LogP contribution in [-0.2, 0) is 0 Å². The van der Waals surface area contributed by atoms with E-state index in [2.05, 4.69) is 10.3 Å².